The monoisotopic (exact) mass is 289 g/mol. The molecule has 0 aliphatic heterocycles. The minimum Gasteiger partial charge on any atom is -0.311 e. The van der Waals surface area contributed by atoms with E-state index in [1.807, 2.05) is 0 Å². The number of aromatic nitrogens is 2. The Morgan fingerprint density at radius 3 is 3.00 bits per heavy atom. The summed E-state index contributed by atoms with van der Waals surface area (Å²) in [5.41, 5.74) is 3.84. The smallest absolute Gasteiger partial charge is 0.194 e. The maximum absolute atomic E-state index is 4.66. The molecule has 2 aromatic rings. The summed E-state index contributed by atoms with van der Waals surface area (Å²) in [6, 6.07) is 0. The maximum Gasteiger partial charge on any atom is 0.194 e. The van der Waals surface area contributed by atoms with Crippen molar-refractivity contribution in [3.05, 3.63) is 22.5 Å². The maximum atomic E-state index is 4.66. The molecule has 2 aliphatic rings. The highest BCUT2D eigenvalue weighted by atomic mass is 32.1. The molecule has 3 nitrogen and oxygen atoms in total. The van der Waals surface area contributed by atoms with Crippen LogP contribution in [0.2, 0.25) is 0 Å². The van der Waals surface area contributed by atoms with Crippen LogP contribution >= 0.6 is 11.3 Å². The Morgan fingerprint density at radius 1 is 1.35 bits per heavy atom. The summed E-state index contributed by atoms with van der Waals surface area (Å²) in [5, 5.41) is 5.90. The van der Waals surface area contributed by atoms with Crippen molar-refractivity contribution < 1.29 is 0 Å². The third-order valence-corrected chi connectivity index (χ3v) is 6.36. The number of imidazole rings is 1. The van der Waals surface area contributed by atoms with Crippen molar-refractivity contribution in [2.24, 2.45) is 17.8 Å². The summed E-state index contributed by atoms with van der Waals surface area (Å²) in [7, 11) is 0. The van der Waals surface area contributed by atoms with Crippen LogP contribution < -0.4 is 5.32 Å². The Bertz CT molecular complexity index is 627. The van der Waals surface area contributed by atoms with Crippen LogP contribution in [0.15, 0.2) is 5.38 Å². The fourth-order valence-electron chi connectivity index (χ4n) is 4.38. The van der Waals surface area contributed by atoms with E-state index in [9.17, 15) is 0 Å². The van der Waals surface area contributed by atoms with Crippen LogP contribution in [0.1, 0.15) is 42.8 Å². The van der Waals surface area contributed by atoms with Gasteiger partial charge in [-0.3, -0.25) is 4.40 Å². The first-order valence-corrected chi connectivity index (χ1v) is 8.73. The average Bonchev–Trinajstić information content (AvgIpc) is 3.15. The van der Waals surface area contributed by atoms with Gasteiger partial charge in [-0.1, -0.05) is 6.42 Å². The molecule has 2 saturated carbocycles. The number of nitrogens with zero attached hydrogens (tertiary/aromatic N) is 2. The molecule has 1 N–H and O–H groups in total. The fraction of sp³-hybridized carbons (Fsp3) is 0.688. The van der Waals surface area contributed by atoms with Crippen molar-refractivity contribution in [2.45, 2.75) is 46.1 Å². The molecule has 2 aromatic heterocycles. The normalized spacial score (nSPS) is 28.8. The molecule has 3 atom stereocenters. The van der Waals surface area contributed by atoms with Crippen molar-refractivity contribution in [1.82, 2.24) is 14.7 Å². The highest BCUT2D eigenvalue weighted by Gasteiger charge is 2.38. The van der Waals surface area contributed by atoms with Crippen LogP contribution in [0.3, 0.4) is 0 Å². The second kappa shape index (κ2) is 4.85. The zero-order valence-electron chi connectivity index (χ0n) is 12.4. The zero-order chi connectivity index (χ0) is 13.7. The van der Waals surface area contributed by atoms with E-state index in [0.29, 0.717) is 0 Å². The van der Waals surface area contributed by atoms with Gasteiger partial charge in [0, 0.05) is 17.6 Å². The van der Waals surface area contributed by atoms with E-state index in [0.717, 1.165) is 29.3 Å². The molecular weight excluding hydrogens is 266 g/mol. The summed E-state index contributed by atoms with van der Waals surface area (Å²) in [5.74, 6) is 3.00. The van der Waals surface area contributed by atoms with E-state index in [1.165, 1.54) is 49.3 Å². The van der Waals surface area contributed by atoms with Gasteiger partial charge in [-0.25, -0.2) is 4.98 Å². The van der Waals surface area contributed by atoms with Gasteiger partial charge in [0.25, 0.3) is 0 Å². The molecule has 0 amide bonds. The third-order valence-electron chi connectivity index (χ3n) is 5.41. The Labute approximate surface area is 124 Å². The van der Waals surface area contributed by atoms with E-state index >= 15 is 0 Å². The van der Waals surface area contributed by atoms with Crippen LogP contribution in [0.4, 0.5) is 0 Å². The molecule has 0 aromatic carbocycles. The van der Waals surface area contributed by atoms with E-state index in [4.69, 9.17) is 0 Å². The van der Waals surface area contributed by atoms with Gasteiger partial charge in [-0.2, -0.15) is 0 Å². The molecule has 4 rings (SSSR count). The molecule has 2 aliphatic carbocycles. The quantitative estimate of drug-likeness (QED) is 0.933. The van der Waals surface area contributed by atoms with E-state index in [2.05, 4.69) is 33.9 Å². The topological polar surface area (TPSA) is 29.3 Å². The third kappa shape index (κ3) is 2.01. The SMILES string of the molecule is Cc1nc2scc(C)n2c1CNCC1CC2CCC1C2. The summed E-state index contributed by atoms with van der Waals surface area (Å²) in [6.07, 6.45) is 5.95. The molecule has 0 radical (unpaired) electrons. The molecule has 0 saturated heterocycles. The molecular formula is C16H23N3S. The summed E-state index contributed by atoms with van der Waals surface area (Å²) < 4.78 is 2.31. The standard InChI is InChI=1S/C16H23N3S/c1-10-9-20-16-18-11(2)15(19(10)16)8-17-7-14-6-12-3-4-13(14)5-12/h9,12-14,17H,3-8H2,1-2H3. The number of hydrogen-bond donors (Lipinski definition) is 1. The Hall–Kier alpha value is -0.870. The van der Waals surface area contributed by atoms with Crippen LogP contribution in [-0.2, 0) is 6.54 Å². The molecule has 2 heterocycles. The zero-order valence-corrected chi connectivity index (χ0v) is 13.2. The number of fused-ring (bicyclic) bond motifs is 3. The van der Waals surface area contributed by atoms with Gasteiger partial charge in [-0.05, 0) is 57.4 Å². The van der Waals surface area contributed by atoms with Crippen molar-refractivity contribution in [2.75, 3.05) is 6.54 Å². The van der Waals surface area contributed by atoms with Crippen LogP contribution in [0.25, 0.3) is 4.96 Å². The van der Waals surface area contributed by atoms with Crippen LogP contribution in [-0.4, -0.2) is 15.9 Å². The van der Waals surface area contributed by atoms with Gasteiger partial charge in [-0.15, -0.1) is 11.3 Å². The lowest BCUT2D eigenvalue weighted by atomic mass is 9.89. The van der Waals surface area contributed by atoms with Gasteiger partial charge in [0.1, 0.15) is 0 Å². The lowest BCUT2D eigenvalue weighted by molar-refractivity contribution is 0.318. The average molecular weight is 289 g/mol. The number of hydrogen-bond acceptors (Lipinski definition) is 3. The lowest BCUT2D eigenvalue weighted by Gasteiger charge is -2.21. The predicted octanol–water partition coefficient (Wildman–Crippen LogP) is 3.54. The summed E-state index contributed by atoms with van der Waals surface area (Å²) in [4.78, 5) is 5.80. The van der Waals surface area contributed by atoms with E-state index < -0.39 is 0 Å². The highest BCUT2D eigenvalue weighted by molar-refractivity contribution is 7.15. The molecule has 4 heteroatoms. The number of thiazole rings is 1. The van der Waals surface area contributed by atoms with Gasteiger partial charge in [0.15, 0.2) is 4.96 Å². The minimum atomic E-state index is 0.932. The predicted molar refractivity (Wildman–Crippen MR) is 83.2 cm³/mol. The van der Waals surface area contributed by atoms with E-state index in [1.54, 1.807) is 11.3 Å². The van der Waals surface area contributed by atoms with Crippen molar-refractivity contribution in [1.29, 1.82) is 0 Å². The summed E-state index contributed by atoms with van der Waals surface area (Å²) in [6.45, 7) is 6.45. The second-order valence-electron chi connectivity index (χ2n) is 6.70. The minimum absolute atomic E-state index is 0.932. The van der Waals surface area contributed by atoms with Crippen molar-refractivity contribution in [3.63, 3.8) is 0 Å². The fourth-order valence-corrected chi connectivity index (χ4v) is 5.31. The summed E-state index contributed by atoms with van der Waals surface area (Å²) >= 11 is 1.74. The van der Waals surface area contributed by atoms with Crippen LogP contribution in [0.5, 0.6) is 0 Å². The first kappa shape index (κ1) is 12.8. The number of nitrogens with one attached hydrogen (secondary N) is 1. The number of rotatable bonds is 4. The largest absolute Gasteiger partial charge is 0.311 e. The molecule has 2 bridgehead atoms. The van der Waals surface area contributed by atoms with Crippen molar-refractivity contribution in [3.8, 4) is 0 Å². The molecule has 108 valence electrons. The Kier molecular flexibility index (Phi) is 3.11. The number of aryl methyl sites for hydroxylation is 2. The molecule has 0 spiro atoms. The Morgan fingerprint density at radius 2 is 2.25 bits per heavy atom. The molecule has 3 unspecified atom stereocenters. The van der Waals surface area contributed by atoms with Crippen LogP contribution in [0, 0.1) is 31.6 Å². The lowest BCUT2D eigenvalue weighted by Crippen LogP contribution is -2.26. The molecule has 2 fully saturated rings. The van der Waals surface area contributed by atoms with Gasteiger partial charge in [0.2, 0.25) is 0 Å². The Balaban J connectivity index is 1.43. The first-order chi connectivity index (χ1) is 9.72. The van der Waals surface area contributed by atoms with Gasteiger partial charge in [0.05, 0.1) is 11.4 Å². The first-order valence-electron chi connectivity index (χ1n) is 7.85. The second-order valence-corrected chi connectivity index (χ2v) is 7.54. The van der Waals surface area contributed by atoms with Crippen molar-refractivity contribution >= 4 is 16.3 Å². The van der Waals surface area contributed by atoms with Gasteiger partial charge >= 0.3 is 0 Å². The van der Waals surface area contributed by atoms with Gasteiger partial charge < -0.3 is 5.32 Å². The van der Waals surface area contributed by atoms with E-state index in [-0.39, 0.29) is 0 Å². The molecule has 20 heavy (non-hydrogen) atoms. The highest BCUT2D eigenvalue weighted by Crippen LogP contribution is 2.47.